The molecule has 5 heteroatoms. The summed E-state index contributed by atoms with van der Waals surface area (Å²) in [6.07, 6.45) is 0. The van der Waals surface area contributed by atoms with Crippen LogP contribution < -0.4 is 5.73 Å². The van der Waals surface area contributed by atoms with Crippen LogP contribution in [0.2, 0.25) is 6.04 Å². The zero-order chi connectivity index (χ0) is 8.53. The molecule has 0 aromatic heterocycles. The third-order valence-electron chi connectivity index (χ3n) is 1.37. The molecule has 0 amide bonds. The van der Waals surface area contributed by atoms with Gasteiger partial charge in [-0.2, -0.15) is 0 Å². The third-order valence-corrected chi connectivity index (χ3v) is 5.34. The zero-order valence-electron chi connectivity index (χ0n) is 7.51. The van der Waals surface area contributed by atoms with Gasteiger partial charge in [0.05, 0.1) is 0 Å². The average Bonchev–Trinajstić information content (AvgIpc) is 2.01. The number of rotatable bonds is 7. The van der Waals surface area contributed by atoms with Crippen molar-refractivity contribution in [2.24, 2.45) is 5.73 Å². The lowest BCUT2D eigenvalue weighted by Gasteiger charge is -2.09. The molecule has 0 saturated heterocycles. The first-order valence-corrected chi connectivity index (χ1v) is 7.19. The number of hydrogen-bond acceptors (Lipinski definition) is 3. The zero-order valence-corrected chi connectivity index (χ0v) is 10.3. The normalized spacial score (nSPS) is 15.5. The summed E-state index contributed by atoms with van der Waals surface area (Å²) in [6.45, 7) is 5.70. The van der Waals surface area contributed by atoms with Crippen LogP contribution in [0.15, 0.2) is 0 Å². The first-order valence-electron chi connectivity index (χ1n) is 4.22. The van der Waals surface area contributed by atoms with Gasteiger partial charge in [0.1, 0.15) is 0 Å². The largest absolute Gasteiger partial charge is 0.424 e. The fourth-order valence-electron chi connectivity index (χ4n) is 0.732. The van der Waals surface area contributed by atoms with Crippen molar-refractivity contribution in [3.63, 3.8) is 0 Å². The van der Waals surface area contributed by atoms with E-state index in [0.29, 0.717) is 5.67 Å². The molecule has 0 aromatic rings. The molecule has 0 aliphatic carbocycles. The van der Waals surface area contributed by atoms with E-state index < -0.39 is 9.76 Å². The fraction of sp³-hybridized carbons (Fsp3) is 1.00. The summed E-state index contributed by atoms with van der Waals surface area (Å²) >= 11 is 0. The standard InChI is InChI=1S/C6H19NO2Si2/c1-3-8-10-5-6(7)11-9-4-2/h6H,3-5,7,10-11H2,1-2H3. The SMILES string of the molecule is CCO[SiH2]CC(N)[SiH2]OCC. The van der Waals surface area contributed by atoms with Crippen LogP contribution in [0.4, 0.5) is 0 Å². The van der Waals surface area contributed by atoms with E-state index in [4.69, 9.17) is 14.6 Å². The lowest BCUT2D eigenvalue weighted by atomic mass is 10.8. The van der Waals surface area contributed by atoms with Gasteiger partial charge in [0.15, 0.2) is 19.5 Å². The highest BCUT2D eigenvalue weighted by atomic mass is 28.2. The maximum Gasteiger partial charge on any atom is 0.177 e. The summed E-state index contributed by atoms with van der Waals surface area (Å²) < 4.78 is 10.6. The fourth-order valence-corrected chi connectivity index (χ4v) is 3.19. The Morgan fingerprint density at radius 2 is 1.91 bits per heavy atom. The highest BCUT2D eigenvalue weighted by molar-refractivity contribution is 6.36. The summed E-state index contributed by atoms with van der Waals surface area (Å²) in [5, 5.41) is 0. The Morgan fingerprint density at radius 3 is 2.45 bits per heavy atom. The van der Waals surface area contributed by atoms with Gasteiger partial charge in [0, 0.05) is 18.9 Å². The van der Waals surface area contributed by atoms with E-state index in [1.54, 1.807) is 0 Å². The van der Waals surface area contributed by atoms with E-state index in [1.165, 1.54) is 0 Å². The van der Waals surface area contributed by atoms with E-state index in [-0.39, 0.29) is 9.76 Å². The minimum Gasteiger partial charge on any atom is -0.424 e. The molecule has 11 heavy (non-hydrogen) atoms. The summed E-state index contributed by atoms with van der Waals surface area (Å²) in [4.78, 5) is 0. The lowest BCUT2D eigenvalue weighted by molar-refractivity contribution is 0.347. The summed E-state index contributed by atoms with van der Waals surface area (Å²) in [7, 11) is -0.794. The molecule has 1 atom stereocenters. The number of hydrogen-bond donors (Lipinski definition) is 1. The van der Waals surface area contributed by atoms with E-state index in [1.807, 2.05) is 13.8 Å². The van der Waals surface area contributed by atoms with Gasteiger partial charge in [-0.05, 0) is 19.9 Å². The maximum absolute atomic E-state index is 5.79. The summed E-state index contributed by atoms with van der Waals surface area (Å²) in [5.41, 5.74) is 6.12. The molecule has 0 heterocycles. The molecule has 2 N–H and O–H groups in total. The van der Waals surface area contributed by atoms with Crippen molar-refractivity contribution >= 4 is 19.5 Å². The molecule has 1 unspecified atom stereocenters. The molecule has 0 aliphatic rings. The van der Waals surface area contributed by atoms with Crippen LogP contribution in [0, 0.1) is 0 Å². The van der Waals surface area contributed by atoms with Crippen molar-refractivity contribution in [1.82, 2.24) is 0 Å². The maximum atomic E-state index is 5.79. The highest BCUT2D eigenvalue weighted by Crippen LogP contribution is 1.87. The van der Waals surface area contributed by atoms with Crippen molar-refractivity contribution < 1.29 is 8.85 Å². The quantitative estimate of drug-likeness (QED) is 0.414. The minimum atomic E-state index is -0.460. The molecule has 0 aliphatic heterocycles. The molecule has 0 spiro atoms. The lowest BCUT2D eigenvalue weighted by Crippen LogP contribution is -2.31. The van der Waals surface area contributed by atoms with E-state index in [0.717, 1.165) is 19.3 Å². The van der Waals surface area contributed by atoms with Gasteiger partial charge >= 0.3 is 0 Å². The van der Waals surface area contributed by atoms with Gasteiger partial charge in [0.2, 0.25) is 0 Å². The van der Waals surface area contributed by atoms with Crippen molar-refractivity contribution in [3.05, 3.63) is 0 Å². The van der Waals surface area contributed by atoms with Crippen LogP contribution in [0.25, 0.3) is 0 Å². The topological polar surface area (TPSA) is 44.5 Å². The van der Waals surface area contributed by atoms with Gasteiger partial charge in [-0.25, -0.2) is 0 Å². The van der Waals surface area contributed by atoms with Crippen LogP contribution >= 0.6 is 0 Å². The van der Waals surface area contributed by atoms with Crippen molar-refractivity contribution in [2.45, 2.75) is 25.6 Å². The van der Waals surface area contributed by atoms with Gasteiger partial charge < -0.3 is 14.6 Å². The second-order valence-electron chi connectivity index (χ2n) is 2.41. The average molecular weight is 193 g/mol. The predicted octanol–water partition coefficient (Wildman–Crippen LogP) is -1.07. The molecule has 0 radical (unpaired) electrons. The Morgan fingerprint density at radius 1 is 1.27 bits per heavy atom. The Labute approximate surface area is 73.5 Å². The van der Waals surface area contributed by atoms with Gasteiger partial charge in [-0.1, -0.05) is 0 Å². The van der Waals surface area contributed by atoms with Crippen molar-refractivity contribution in [1.29, 1.82) is 0 Å². The van der Waals surface area contributed by atoms with Gasteiger partial charge in [-0.15, -0.1) is 0 Å². The molecule has 0 rings (SSSR count). The smallest absolute Gasteiger partial charge is 0.177 e. The summed E-state index contributed by atoms with van der Waals surface area (Å²) in [5.74, 6) is 0. The Kier molecular flexibility index (Phi) is 8.65. The van der Waals surface area contributed by atoms with E-state index >= 15 is 0 Å². The summed E-state index contributed by atoms with van der Waals surface area (Å²) in [6, 6.07) is 1.08. The van der Waals surface area contributed by atoms with Gasteiger partial charge in [0.25, 0.3) is 0 Å². The Bertz CT molecular complexity index is 85.0. The van der Waals surface area contributed by atoms with Crippen molar-refractivity contribution in [2.75, 3.05) is 13.2 Å². The van der Waals surface area contributed by atoms with Crippen LogP contribution in [0.3, 0.4) is 0 Å². The van der Waals surface area contributed by atoms with Crippen LogP contribution in [-0.2, 0) is 8.85 Å². The van der Waals surface area contributed by atoms with Crippen LogP contribution in [-0.4, -0.2) is 38.4 Å². The Hall–Kier alpha value is 0.314. The second-order valence-corrected chi connectivity index (χ2v) is 5.59. The molecule has 0 fully saturated rings. The molecule has 0 aromatic carbocycles. The van der Waals surface area contributed by atoms with Gasteiger partial charge in [-0.3, -0.25) is 0 Å². The molecular weight excluding hydrogens is 174 g/mol. The first-order chi connectivity index (χ1) is 5.31. The molecule has 3 nitrogen and oxygen atoms in total. The predicted molar refractivity (Wildman–Crippen MR) is 53.1 cm³/mol. The number of nitrogens with two attached hydrogens (primary N) is 1. The molecule has 68 valence electrons. The Balaban J connectivity index is 3.02. The second kappa shape index (κ2) is 8.41. The molecule has 0 saturated carbocycles. The first kappa shape index (κ1) is 11.3. The molecular formula is C6H19NO2Si2. The van der Waals surface area contributed by atoms with Crippen molar-refractivity contribution in [3.8, 4) is 0 Å². The van der Waals surface area contributed by atoms with E-state index in [2.05, 4.69) is 0 Å². The third kappa shape index (κ3) is 8.22. The van der Waals surface area contributed by atoms with Crippen LogP contribution in [0.5, 0.6) is 0 Å². The molecule has 0 bridgehead atoms. The van der Waals surface area contributed by atoms with E-state index in [9.17, 15) is 0 Å². The highest BCUT2D eigenvalue weighted by Gasteiger charge is 2.02. The van der Waals surface area contributed by atoms with Crippen LogP contribution in [0.1, 0.15) is 13.8 Å². The monoisotopic (exact) mass is 193 g/mol. The minimum absolute atomic E-state index is 0.327.